The first-order chi connectivity index (χ1) is 13.3. The zero-order valence-corrected chi connectivity index (χ0v) is 15.4. The van der Waals surface area contributed by atoms with Gasteiger partial charge in [0.1, 0.15) is 0 Å². The highest BCUT2D eigenvalue weighted by Crippen LogP contribution is 2.34. The standard InChI is InChI=1S/C18H17F3N4O2S/c19-18(20,21)17(27)24-12-4-2-1-3-11(12)14-7-22-16(28-14)15(26)23-13-9-25-6-5-10(13)8-25/h1-4,7,10,13H,5-6,8-9H2,(H,23,26)(H,24,27)/t10-,13?/m0/s1. The van der Waals surface area contributed by atoms with Crippen LogP contribution in [0.2, 0.25) is 0 Å². The van der Waals surface area contributed by atoms with E-state index in [4.69, 9.17) is 0 Å². The molecule has 10 heteroatoms. The van der Waals surface area contributed by atoms with Crippen LogP contribution >= 0.6 is 11.3 Å². The number of carbonyl (C=O) groups excluding carboxylic acids is 2. The van der Waals surface area contributed by atoms with E-state index in [-0.39, 0.29) is 22.6 Å². The summed E-state index contributed by atoms with van der Waals surface area (Å²) in [6.07, 6.45) is -2.48. The van der Waals surface area contributed by atoms with Crippen molar-refractivity contribution in [3.8, 4) is 10.4 Å². The molecule has 2 aliphatic rings. The molecule has 2 unspecified atom stereocenters. The molecule has 6 nitrogen and oxygen atoms in total. The van der Waals surface area contributed by atoms with E-state index in [0.717, 1.165) is 37.4 Å². The average Bonchev–Trinajstić information content (AvgIpc) is 3.38. The smallest absolute Gasteiger partial charge is 0.346 e. The number of fused-ring (bicyclic) bond motifs is 2. The van der Waals surface area contributed by atoms with Gasteiger partial charge in [0, 0.05) is 36.6 Å². The van der Waals surface area contributed by atoms with Crippen LogP contribution in [0.5, 0.6) is 0 Å². The number of nitrogens with zero attached hydrogens (tertiary/aromatic N) is 2. The van der Waals surface area contributed by atoms with Gasteiger partial charge < -0.3 is 15.5 Å². The van der Waals surface area contributed by atoms with Crippen molar-refractivity contribution in [3.05, 3.63) is 35.5 Å². The zero-order chi connectivity index (χ0) is 19.9. The number of thiazole rings is 1. The fourth-order valence-corrected chi connectivity index (χ4v) is 4.54. The molecule has 1 aromatic carbocycles. The van der Waals surface area contributed by atoms with Gasteiger partial charge in [0.05, 0.1) is 4.88 Å². The maximum Gasteiger partial charge on any atom is 0.471 e. The summed E-state index contributed by atoms with van der Waals surface area (Å²) in [6.45, 7) is 2.90. The number of anilines is 1. The van der Waals surface area contributed by atoms with Crippen LogP contribution in [0, 0.1) is 5.92 Å². The molecular formula is C18H17F3N4O2S. The molecule has 2 aromatic rings. The molecular weight excluding hydrogens is 393 g/mol. The highest BCUT2D eigenvalue weighted by molar-refractivity contribution is 7.17. The molecule has 3 atom stereocenters. The maximum absolute atomic E-state index is 12.6. The van der Waals surface area contributed by atoms with E-state index >= 15 is 0 Å². The van der Waals surface area contributed by atoms with Gasteiger partial charge in [-0.1, -0.05) is 18.2 Å². The SMILES string of the molecule is O=C(NC1CN2CC[C@H]1C2)c1ncc(-c2ccccc2NC(=O)C(F)(F)F)s1. The van der Waals surface area contributed by atoms with Crippen molar-refractivity contribution in [3.63, 3.8) is 0 Å². The van der Waals surface area contributed by atoms with E-state index in [1.165, 1.54) is 18.3 Å². The lowest BCUT2D eigenvalue weighted by molar-refractivity contribution is -0.167. The van der Waals surface area contributed by atoms with E-state index in [9.17, 15) is 22.8 Å². The van der Waals surface area contributed by atoms with Crippen molar-refractivity contribution in [2.45, 2.75) is 18.6 Å². The van der Waals surface area contributed by atoms with Gasteiger partial charge >= 0.3 is 12.1 Å². The summed E-state index contributed by atoms with van der Waals surface area (Å²) in [7, 11) is 0. The predicted octanol–water partition coefficient (Wildman–Crippen LogP) is 2.74. The number of piperidine rings is 1. The first kappa shape index (κ1) is 18.9. The van der Waals surface area contributed by atoms with Gasteiger partial charge in [-0.3, -0.25) is 9.59 Å². The van der Waals surface area contributed by atoms with E-state index in [2.05, 4.69) is 15.2 Å². The number of amides is 2. The molecule has 3 heterocycles. The molecule has 2 amide bonds. The summed E-state index contributed by atoms with van der Waals surface area (Å²) >= 11 is 1.08. The highest BCUT2D eigenvalue weighted by Gasteiger charge is 2.40. The van der Waals surface area contributed by atoms with Gasteiger partial charge in [0.25, 0.3) is 5.91 Å². The fraction of sp³-hybridized carbons (Fsp3) is 0.389. The van der Waals surface area contributed by atoms with Crippen LogP contribution in [0.4, 0.5) is 18.9 Å². The molecule has 0 saturated carbocycles. The maximum atomic E-state index is 12.6. The predicted molar refractivity (Wildman–Crippen MR) is 98.0 cm³/mol. The van der Waals surface area contributed by atoms with Crippen LogP contribution in [0.1, 0.15) is 16.2 Å². The molecule has 2 bridgehead atoms. The van der Waals surface area contributed by atoms with Crippen LogP contribution in [-0.4, -0.2) is 53.6 Å². The van der Waals surface area contributed by atoms with E-state index in [0.29, 0.717) is 16.4 Å². The minimum absolute atomic E-state index is 0.0151. The fourth-order valence-electron chi connectivity index (χ4n) is 3.68. The number of para-hydroxylation sites is 1. The monoisotopic (exact) mass is 410 g/mol. The lowest BCUT2D eigenvalue weighted by atomic mass is 10.0. The minimum atomic E-state index is -4.98. The summed E-state index contributed by atoms with van der Waals surface area (Å²) in [5.41, 5.74) is 0.393. The Labute approximate surface area is 162 Å². The lowest BCUT2D eigenvalue weighted by Gasteiger charge is -2.22. The number of benzene rings is 1. The van der Waals surface area contributed by atoms with Gasteiger partial charge in [-0.25, -0.2) is 4.98 Å². The van der Waals surface area contributed by atoms with Crippen molar-refractivity contribution in [1.29, 1.82) is 0 Å². The van der Waals surface area contributed by atoms with Crippen molar-refractivity contribution < 1.29 is 22.8 Å². The second kappa shape index (κ2) is 7.17. The molecule has 0 radical (unpaired) electrons. The van der Waals surface area contributed by atoms with Gasteiger partial charge in [-0.05, 0) is 24.9 Å². The summed E-state index contributed by atoms with van der Waals surface area (Å²) in [5.74, 6) is -1.87. The molecule has 2 aliphatic heterocycles. The second-order valence-corrected chi connectivity index (χ2v) is 7.95. The van der Waals surface area contributed by atoms with Crippen molar-refractivity contribution >= 4 is 28.8 Å². The Morgan fingerprint density at radius 2 is 2.00 bits per heavy atom. The molecule has 4 rings (SSSR count). The Hall–Kier alpha value is -2.46. The number of hydrogen-bond acceptors (Lipinski definition) is 5. The molecule has 2 N–H and O–H groups in total. The van der Waals surface area contributed by atoms with Crippen LogP contribution in [0.15, 0.2) is 30.5 Å². The quantitative estimate of drug-likeness (QED) is 0.813. The Kier molecular flexibility index (Phi) is 4.84. The number of halogens is 3. The molecule has 28 heavy (non-hydrogen) atoms. The third-order valence-electron chi connectivity index (χ3n) is 5.05. The first-order valence-electron chi connectivity index (χ1n) is 8.78. The number of nitrogens with one attached hydrogen (secondary N) is 2. The average molecular weight is 410 g/mol. The third-order valence-corrected chi connectivity index (χ3v) is 6.08. The van der Waals surface area contributed by atoms with Gasteiger partial charge in [0.15, 0.2) is 5.01 Å². The molecule has 2 fully saturated rings. The number of carbonyl (C=O) groups is 2. The summed E-state index contributed by atoms with van der Waals surface area (Å²) in [5, 5.41) is 5.12. The van der Waals surface area contributed by atoms with Gasteiger partial charge in [-0.15, -0.1) is 11.3 Å². The van der Waals surface area contributed by atoms with Crippen molar-refractivity contribution in [1.82, 2.24) is 15.2 Å². The minimum Gasteiger partial charge on any atom is -0.346 e. The second-order valence-electron chi connectivity index (χ2n) is 6.92. The van der Waals surface area contributed by atoms with Crippen LogP contribution in [-0.2, 0) is 4.79 Å². The normalized spacial score (nSPS) is 23.6. The highest BCUT2D eigenvalue weighted by atomic mass is 32.1. The molecule has 0 aliphatic carbocycles. The largest absolute Gasteiger partial charge is 0.471 e. The Morgan fingerprint density at radius 1 is 1.21 bits per heavy atom. The van der Waals surface area contributed by atoms with Gasteiger partial charge in [-0.2, -0.15) is 13.2 Å². The number of alkyl halides is 3. The number of aromatic nitrogens is 1. The first-order valence-corrected chi connectivity index (χ1v) is 9.59. The molecule has 1 aromatic heterocycles. The third kappa shape index (κ3) is 3.74. The van der Waals surface area contributed by atoms with Gasteiger partial charge in [0.2, 0.25) is 0 Å². The van der Waals surface area contributed by atoms with Crippen LogP contribution < -0.4 is 10.6 Å². The van der Waals surface area contributed by atoms with E-state index < -0.39 is 12.1 Å². The zero-order valence-electron chi connectivity index (χ0n) is 14.6. The Morgan fingerprint density at radius 3 is 2.68 bits per heavy atom. The van der Waals surface area contributed by atoms with E-state index in [1.54, 1.807) is 12.1 Å². The van der Waals surface area contributed by atoms with E-state index in [1.807, 2.05) is 5.32 Å². The van der Waals surface area contributed by atoms with Crippen LogP contribution in [0.25, 0.3) is 10.4 Å². The number of rotatable bonds is 4. The Bertz CT molecular complexity index is 914. The summed E-state index contributed by atoms with van der Waals surface area (Å²) < 4.78 is 37.7. The lowest BCUT2D eigenvalue weighted by Crippen LogP contribution is -2.43. The van der Waals surface area contributed by atoms with Crippen LogP contribution in [0.3, 0.4) is 0 Å². The molecule has 148 valence electrons. The summed E-state index contributed by atoms with van der Waals surface area (Å²) in [6, 6.07) is 6.22. The summed E-state index contributed by atoms with van der Waals surface area (Å²) in [4.78, 5) is 30.7. The molecule has 0 spiro atoms. The van der Waals surface area contributed by atoms with Crippen molar-refractivity contribution in [2.24, 2.45) is 5.92 Å². The topological polar surface area (TPSA) is 74.3 Å². The Balaban J connectivity index is 1.50. The molecule has 2 saturated heterocycles. The van der Waals surface area contributed by atoms with Crippen molar-refractivity contribution in [2.75, 3.05) is 25.0 Å². The number of hydrogen-bond donors (Lipinski definition) is 2.